The number of piperidine rings is 1. The normalized spacial score (nSPS) is 20.4. The van der Waals surface area contributed by atoms with Gasteiger partial charge in [-0.15, -0.1) is 0 Å². The number of amides is 1. The standard InChI is InChI=1S/C21H28BrN7O/c22-17-13-29(12-11-27-7-1-2-8-27)20(25-17)15-5-9-28(10-6-15)21-16-3-4-18(30)26-19(16)23-14-24-21/h13-15H,1-12H2,(H,23,24,26,30). The van der Waals surface area contributed by atoms with Crippen molar-refractivity contribution in [2.24, 2.45) is 0 Å². The molecule has 0 atom stereocenters. The molecule has 0 radical (unpaired) electrons. The lowest BCUT2D eigenvalue weighted by molar-refractivity contribution is -0.116. The van der Waals surface area contributed by atoms with Crippen molar-refractivity contribution in [3.8, 4) is 0 Å². The highest BCUT2D eigenvalue weighted by atomic mass is 79.9. The van der Waals surface area contributed by atoms with Crippen LogP contribution in [0.3, 0.4) is 0 Å². The van der Waals surface area contributed by atoms with Gasteiger partial charge in [0, 0.05) is 50.3 Å². The Morgan fingerprint density at radius 2 is 1.87 bits per heavy atom. The second-order valence-electron chi connectivity index (χ2n) is 8.50. The summed E-state index contributed by atoms with van der Waals surface area (Å²) in [4.78, 5) is 30.2. The van der Waals surface area contributed by atoms with Crippen LogP contribution in [0.15, 0.2) is 17.1 Å². The third kappa shape index (κ3) is 4.09. The largest absolute Gasteiger partial charge is 0.356 e. The Hall–Kier alpha value is -2.00. The Morgan fingerprint density at radius 3 is 2.67 bits per heavy atom. The zero-order chi connectivity index (χ0) is 20.5. The van der Waals surface area contributed by atoms with Crippen LogP contribution in [0.4, 0.5) is 11.6 Å². The molecule has 160 valence electrons. The Labute approximate surface area is 185 Å². The Bertz CT molecular complexity index is 916. The molecule has 0 spiro atoms. The first-order chi connectivity index (χ1) is 14.7. The van der Waals surface area contributed by atoms with Crippen LogP contribution in [-0.2, 0) is 17.8 Å². The SMILES string of the molecule is O=C1CCc2c(ncnc2N2CCC(c3nc(Br)cn3CCN3CCCC3)CC2)N1. The molecule has 2 aromatic rings. The van der Waals surface area contributed by atoms with Crippen LogP contribution in [0.25, 0.3) is 0 Å². The summed E-state index contributed by atoms with van der Waals surface area (Å²) in [5, 5.41) is 2.88. The molecule has 5 heterocycles. The van der Waals surface area contributed by atoms with Crippen molar-refractivity contribution < 1.29 is 4.79 Å². The number of fused-ring (bicyclic) bond motifs is 1. The number of carbonyl (C=O) groups is 1. The molecule has 9 heteroatoms. The average molecular weight is 474 g/mol. The van der Waals surface area contributed by atoms with Crippen LogP contribution in [0.2, 0.25) is 0 Å². The molecule has 1 N–H and O–H groups in total. The third-order valence-electron chi connectivity index (χ3n) is 6.58. The smallest absolute Gasteiger partial charge is 0.225 e. The summed E-state index contributed by atoms with van der Waals surface area (Å²) in [6.45, 7) is 6.46. The zero-order valence-corrected chi connectivity index (χ0v) is 18.8. The second kappa shape index (κ2) is 8.63. The Kier molecular flexibility index (Phi) is 5.73. The minimum Gasteiger partial charge on any atom is -0.356 e. The summed E-state index contributed by atoms with van der Waals surface area (Å²) in [6, 6.07) is 0. The van der Waals surface area contributed by atoms with Gasteiger partial charge in [-0.25, -0.2) is 15.0 Å². The van der Waals surface area contributed by atoms with Crippen molar-refractivity contribution in [3.05, 3.63) is 28.5 Å². The van der Waals surface area contributed by atoms with Gasteiger partial charge in [-0.2, -0.15) is 0 Å². The topological polar surface area (TPSA) is 79.2 Å². The van der Waals surface area contributed by atoms with E-state index in [2.05, 4.69) is 51.8 Å². The predicted octanol–water partition coefficient (Wildman–Crippen LogP) is 2.80. The van der Waals surface area contributed by atoms with Gasteiger partial charge >= 0.3 is 0 Å². The van der Waals surface area contributed by atoms with E-state index in [-0.39, 0.29) is 5.91 Å². The number of carbonyl (C=O) groups excluding carboxylic acids is 1. The van der Waals surface area contributed by atoms with Gasteiger partial charge in [0.2, 0.25) is 5.91 Å². The average Bonchev–Trinajstić information content (AvgIpc) is 3.41. The van der Waals surface area contributed by atoms with Gasteiger partial charge in [-0.05, 0) is 61.1 Å². The van der Waals surface area contributed by atoms with Crippen LogP contribution in [-0.4, -0.2) is 63.0 Å². The van der Waals surface area contributed by atoms with Crippen molar-refractivity contribution in [1.82, 2.24) is 24.4 Å². The highest BCUT2D eigenvalue weighted by Crippen LogP contribution is 2.34. The van der Waals surface area contributed by atoms with E-state index < -0.39 is 0 Å². The second-order valence-corrected chi connectivity index (χ2v) is 9.31. The van der Waals surface area contributed by atoms with Gasteiger partial charge in [0.25, 0.3) is 0 Å². The summed E-state index contributed by atoms with van der Waals surface area (Å²) in [5.74, 6) is 3.37. The molecule has 0 aliphatic carbocycles. The van der Waals surface area contributed by atoms with Gasteiger partial charge in [0.15, 0.2) is 0 Å². The summed E-state index contributed by atoms with van der Waals surface area (Å²) in [7, 11) is 0. The summed E-state index contributed by atoms with van der Waals surface area (Å²) in [6.07, 6.45) is 9.69. The lowest BCUT2D eigenvalue weighted by Gasteiger charge is -2.34. The lowest BCUT2D eigenvalue weighted by atomic mass is 9.95. The van der Waals surface area contributed by atoms with Crippen LogP contribution in [0, 0.1) is 0 Å². The number of anilines is 2. The van der Waals surface area contributed by atoms with Crippen molar-refractivity contribution in [2.45, 2.75) is 51.0 Å². The Morgan fingerprint density at radius 1 is 1.07 bits per heavy atom. The quantitative estimate of drug-likeness (QED) is 0.718. The molecule has 30 heavy (non-hydrogen) atoms. The molecule has 8 nitrogen and oxygen atoms in total. The number of nitrogens with zero attached hydrogens (tertiary/aromatic N) is 6. The fraction of sp³-hybridized carbons (Fsp3) is 0.619. The van der Waals surface area contributed by atoms with Crippen molar-refractivity contribution in [2.75, 3.05) is 42.9 Å². The number of hydrogen-bond acceptors (Lipinski definition) is 6. The molecule has 2 fully saturated rings. The minimum atomic E-state index is 0.0391. The molecule has 2 aromatic heterocycles. The maximum absolute atomic E-state index is 11.7. The molecule has 2 saturated heterocycles. The minimum absolute atomic E-state index is 0.0391. The number of halogens is 1. The van der Waals surface area contributed by atoms with Crippen LogP contribution < -0.4 is 10.2 Å². The number of aromatic nitrogens is 4. The van der Waals surface area contributed by atoms with Gasteiger partial charge in [0.05, 0.1) is 0 Å². The molecule has 0 aromatic carbocycles. The van der Waals surface area contributed by atoms with E-state index >= 15 is 0 Å². The number of rotatable bonds is 5. The van der Waals surface area contributed by atoms with Crippen LogP contribution in [0.1, 0.15) is 49.4 Å². The highest BCUT2D eigenvalue weighted by Gasteiger charge is 2.29. The Balaban J connectivity index is 1.26. The molecule has 3 aliphatic rings. The van der Waals surface area contributed by atoms with E-state index in [1.165, 1.54) is 31.8 Å². The van der Waals surface area contributed by atoms with E-state index in [9.17, 15) is 4.79 Å². The maximum atomic E-state index is 11.7. The van der Waals surface area contributed by atoms with Gasteiger partial charge < -0.3 is 19.7 Å². The van der Waals surface area contributed by atoms with Gasteiger partial charge in [-0.1, -0.05) is 0 Å². The number of hydrogen-bond donors (Lipinski definition) is 1. The summed E-state index contributed by atoms with van der Waals surface area (Å²) >= 11 is 3.59. The van der Waals surface area contributed by atoms with Crippen LogP contribution >= 0.6 is 15.9 Å². The maximum Gasteiger partial charge on any atom is 0.225 e. The fourth-order valence-electron chi connectivity index (χ4n) is 4.95. The molecule has 5 rings (SSSR count). The van der Waals surface area contributed by atoms with E-state index in [1.807, 2.05) is 0 Å². The lowest BCUT2D eigenvalue weighted by Crippen LogP contribution is -2.36. The van der Waals surface area contributed by atoms with Crippen molar-refractivity contribution in [1.29, 1.82) is 0 Å². The van der Waals surface area contributed by atoms with Crippen LogP contribution in [0.5, 0.6) is 0 Å². The molecule has 0 saturated carbocycles. The molecular weight excluding hydrogens is 446 g/mol. The molecule has 0 unspecified atom stereocenters. The van der Waals surface area contributed by atoms with E-state index in [0.717, 1.165) is 55.0 Å². The van der Waals surface area contributed by atoms with E-state index in [1.54, 1.807) is 6.33 Å². The molecule has 3 aliphatic heterocycles. The number of imidazole rings is 1. The van der Waals surface area contributed by atoms with E-state index in [0.29, 0.717) is 24.6 Å². The molecular formula is C21H28BrN7O. The fourth-order valence-corrected chi connectivity index (χ4v) is 5.38. The molecule has 1 amide bonds. The molecule has 0 bridgehead atoms. The summed E-state index contributed by atoms with van der Waals surface area (Å²) < 4.78 is 3.28. The van der Waals surface area contributed by atoms with Crippen molar-refractivity contribution in [3.63, 3.8) is 0 Å². The summed E-state index contributed by atoms with van der Waals surface area (Å²) in [5.41, 5.74) is 1.07. The van der Waals surface area contributed by atoms with Gasteiger partial charge in [0.1, 0.15) is 28.4 Å². The highest BCUT2D eigenvalue weighted by molar-refractivity contribution is 9.10. The number of likely N-dealkylation sites (tertiary alicyclic amines) is 1. The third-order valence-corrected chi connectivity index (χ3v) is 6.96. The first kappa shape index (κ1) is 19.9. The predicted molar refractivity (Wildman–Crippen MR) is 119 cm³/mol. The number of nitrogens with one attached hydrogen (secondary N) is 1. The van der Waals surface area contributed by atoms with Gasteiger partial charge in [-0.3, -0.25) is 4.79 Å². The monoisotopic (exact) mass is 473 g/mol. The zero-order valence-electron chi connectivity index (χ0n) is 17.2. The first-order valence-corrected chi connectivity index (χ1v) is 11.8. The van der Waals surface area contributed by atoms with E-state index in [4.69, 9.17) is 4.98 Å². The van der Waals surface area contributed by atoms with Crippen molar-refractivity contribution >= 4 is 33.5 Å². The first-order valence-electron chi connectivity index (χ1n) is 11.0.